The molecule has 1 aliphatic rings. The molecule has 4 rings (SSSR count). The van der Waals surface area contributed by atoms with Crippen molar-refractivity contribution in [2.45, 2.75) is 25.1 Å². The molecule has 6 heteroatoms. The fourth-order valence-corrected chi connectivity index (χ4v) is 4.85. The Labute approximate surface area is 192 Å². The second-order valence-corrected chi connectivity index (χ2v) is 8.58. The number of hydrogen-bond acceptors (Lipinski definition) is 4. The lowest BCUT2D eigenvalue weighted by Crippen LogP contribution is -2.27. The van der Waals surface area contributed by atoms with E-state index in [1.807, 2.05) is 90.7 Å². The maximum Gasteiger partial charge on any atom is 0.238 e. The van der Waals surface area contributed by atoms with Gasteiger partial charge in [-0.1, -0.05) is 42.5 Å². The van der Waals surface area contributed by atoms with Crippen LogP contribution in [0.1, 0.15) is 29.8 Å². The van der Waals surface area contributed by atoms with Gasteiger partial charge < -0.3 is 10.1 Å². The molecular weight excluding hydrogens is 420 g/mol. The number of aryl methyl sites for hydroxylation is 1. The van der Waals surface area contributed by atoms with Gasteiger partial charge in [-0.15, -0.1) is 11.8 Å². The van der Waals surface area contributed by atoms with E-state index in [9.17, 15) is 9.59 Å². The molecule has 0 aliphatic carbocycles. The highest BCUT2D eigenvalue weighted by Crippen LogP contribution is 2.42. The molecule has 0 aromatic heterocycles. The van der Waals surface area contributed by atoms with Crippen LogP contribution in [-0.4, -0.2) is 24.2 Å². The second-order valence-electron chi connectivity index (χ2n) is 7.51. The maximum absolute atomic E-state index is 12.6. The Balaban J connectivity index is 1.40. The van der Waals surface area contributed by atoms with Crippen LogP contribution < -0.4 is 15.0 Å². The molecule has 0 bridgehead atoms. The van der Waals surface area contributed by atoms with E-state index in [0.29, 0.717) is 25.2 Å². The van der Waals surface area contributed by atoms with Gasteiger partial charge in [0.2, 0.25) is 11.8 Å². The SMILES string of the molecule is CCOc1ccc(N2C(=O)CS[C@H]2c2ccc(NC(=O)CCc3ccccc3)cc2)cc1. The van der Waals surface area contributed by atoms with E-state index >= 15 is 0 Å². The predicted molar refractivity (Wildman–Crippen MR) is 130 cm³/mol. The number of benzene rings is 3. The third-order valence-corrected chi connectivity index (χ3v) is 6.47. The maximum atomic E-state index is 12.6. The fourth-order valence-electron chi connectivity index (χ4n) is 3.68. The van der Waals surface area contributed by atoms with Crippen molar-refractivity contribution in [2.75, 3.05) is 22.6 Å². The van der Waals surface area contributed by atoms with Crippen molar-refractivity contribution in [1.29, 1.82) is 0 Å². The third kappa shape index (κ3) is 5.32. The first-order chi connectivity index (χ1) is 15.6. The highest BCUT2D eigenvalue weighted by molar-refractivity contribution is 8.00. The number of amides is 2. The second kappa shape index (κ2) is 10.4. The van der Waals surface area contributed by atoms with Crippen molar-refractivity contribution in [3.63, 3.8) is 0 Å². The first-order valence-corrected chi connectivity index (χ1v) is 11.8. The molecule has 1 aliphatic heterocycles. The van der Waals surface area contributed by atoms with Crippen LogP contribution >= 0.6 is 11.8 Å². The van der Waals surface area contributed by atoms with Crippen LogP contribution in [0.2, 0.25) is 0 Å². The number of anilines is 2. The Kier molecular flexibility index (Phi) is 7.12. The third-order valence-electron chi connectivity index (χ3n) is 5.26. The van der Waals surface area contributed by atoms with Gasteiger partial charge in [0.15, 0.2) is 0 Å². The average Bonchev–Trinajstić information content (AvgIpc) is 3.21. The van der Waals surface area contributed by atoms with E-state index in [-0.39, 0.29) is 17.2 Å². The largest absolute Gasteiger partial charge is 0.494 e. The van der Waals surface area contributed by atoms with Gasteiger partial charge in [0.25, 0.3) is 0 Å². The Bertz CT molecular complexity index is 1050. The summed E-state index contributed by atoms with van der Waals surface area (Å²) in [7, 11) is 0. The van der Waals surface area contributed by atoms with Gasteiger partial charge in [-0.05, 0) is 60.9 Å². The van der Waals surface area contributed by atoms with Crippen molar-refractivity contribution in [2.24, 2.45) is 0 Å². The molecule has 2 amide bonds. The molecule has 3 aromatic carbocycles. The topological polar surface area (TPSA) is 58.6 Å². The molecule has 1 heterocycles. The molecule has 1 atom stereocenters. The predicted octanol–water partition coefficient (Wildman–Crippen LogP) is 5.44. The van der Waals surface area contributed by atoms with Gasteiger partial charge >= 0.3 is 0 Å². The van der Waals surface area contributed by atoms with Gasteiger partial charge in [0.05, 0.1) is 12.4 Å². The summed E-state index contributed by atoms with van der Waals surface area (Å²) >= 11 is 1.60. The number of rotatable bonds is 8. The summed E-state index contributed by atoms with van der Waals surface area (Å²) in [6, 6.07) is 25.4. The number of carbonyl (C=O) groups excluding carboxylic acids is 2. The summed E-state index contributed by atoms with van der Waals surface area (Å²) < 4.78 is 5.51. The van der Waals surface area contributed by atoms with Gasteiger partial charge in [-0.3, -0.25) is 14.5 Å². The lowest BCUT2D eigenvalue weighted by Gasteiger charge is -2.24. The van der Waals surface area contributed by atoms with Gasteiger partial charge in [0, 0.05) is 17.8 Å². The number of nitrogens with one attached hydrogen (secondary N) is 1. The van der Waals surface area contributed by atoms with Crippen LogP contribution in [0.4, 0.5) is 11.4 Å². The Morgan fingerprint density at radius 1 is 1.03 bits per heavy atom. The summed E-state index contributed by atoms with van der Waals surface area (Å²) in [6.07, 6.45) is 1.15. The first kappa shape index (κ1) is 22.0. The summed E-state index contributed by atoms with van der Waals surface area (Å²) in [6.45, 7) is 2.55. The van der Waals surface area contributed by atoms with Crippen molar-refractivity contribution < 1.29 is 14.3 Å². The van der Waals surface area contributed by atoms with Crippen LogP contribution in [0.25, 0.3) is 0 Å². The van der Waals surface area contributed by atoms with Crippen LogP contribution in [0.3, 0.4) is 0 Å². The van der Waals surface area contributed by atoms with Crippen LogP contribution in [0, 0.1) is 0 Å². The quantitative estimate of drug-likeness (QED) is 0.501. The molecular formula is C26H26N2O3S. The highest BCUT2D eigenvalue weighted by Gasteiger charge is 2.34. The van der Waals surface area contributed by atoms with Crippen LogP contribution in [0.5, 0.6) is 5.75 Å². The van der Waals surface area contributed by atoms with E-state index in [1.165, 1.54) is 0 Å². The minimum absolute atomic E-state index is 0.0111. The molecule has 0 saturated carbocycles. The standard InChI is InChI=1S/C26H26N2O3S/c1-2-31-23-15-13-22(14-16-23)28-25(30)18-32-26(28)20-9-11-21(12-10-20)27-24(29)17-8-19-6-4-3-5-7-19/h3-7,9-16,26H,2,8,17-18H2,1H3,(H,27,29)/t26-/m0/s1. The molecule has 0 spiro atoms. The molecule has 32 heavy (non-hydrogen) atoms. The molecule has 164 valence electrons. The monoisotopic (exact) mass is 446 g/mol. The highest BCUT2D eigenvalue weighted by atomic mass is 32.2. The smallest absolute Gasteiger partial charge is 0.238 e. The molecule has 1 N–H and O–H groups in total. The van der Waals surface area contributed by atoms with E-state index < -0.39 is 0 Å². The number of hydrogen-bond donors (Lipinski definition) is 1. The average molecular weight is 447 g/mol. The Hall–Kier alpha value is -3.25. The fraction of sp³-hybridized carbons (Fsp3) is 0.231. The molecule has 1 fully saturated rings. The lowest BCUT2D eigenvalue weighted by molar-refractivity contribution is -0.116. The van der Waals surface area contributed by atoms with Crippen molar-refractivity contribution in [3.8, 4) is 5.75 Å². The van der Waals surface area contributed by atoms with E-state index in [1.54, 1.807) is 11.8 Å². The van der Waals surface area contributed by atoms with Crippen molar-refractivity contribution in [3.05, 3.63) is 90.0 Å². The zero-order valence-corrected chi connectivity index (χ0v) is 18.8. The van der Waals surface area contributed by atoms with Crippen LogP contribution in [-0.2, 0) is 16.0 Å². The van der Waals surface area contributed by atoms with Gasteiger partial charge in [-0.25, -0.2) is 0 Å². The normalized spacial score (nSPS) is 15.6. The summed E-state index contributed by atoms with van der Waals surface area (Å²) in [5.74, 6) is 1.31. The van der Waals surface area contributed by atoms with Gasteiger partial charge in [0.1, 0.15) is 11.1 Å². The number of nitrogens with zero attached hydrogens (tertiary/aromatic N) is 1. The van der Waals surface area contributed by atoms with Crippen molar-refractivity contribution >= 4 is 35.0 Å². The van der Waals surface area contributed by atoms with Crippen molar-refractivity contribution in [1.82, 2.24) is 0 Å². The first-order valence-electron chi connectivity index (χ1n) is 10.7. The molecule has 1 saturated heterocycles. The van der Waals surface area contributed by atoms with E-state index in [2.05, 4.69) is 5.32 Å². The van der Waals surface area contributed by atoms with E-state index in [4.69, 9.17) is 4.74 Å². The van der Waals surface area contributed by atoms with Crippen LogP contribution in [0.15, 0.2) is 78.9 Å². The number of thioether (sulfide) groups is 1. The molecule has 0 radical (unpaired) electrons. The Morgan fingerprint density at radius 2 is 1.75 bits per heavy atom. The van der Waals surface area contributed by atoms with E-state index in [0.717, 1.165) is 28.3 Å². The molecule has 5 nitrogen and oxygen atoms in total. The summed E-state index contributed by atoms with van der Waals surface area (Å²) in [4.78, 5) is 26.7. The number of ether oxygens (including phenoxy) is 1. The summed E-state index contributed by atoms with van der Waals surface area (Å²) in [5, 5.41) is 2.87. The zero-order chi connectivity index (χ0) is 22.3. The Morgan fingerprint density at radius 3 is 2.44 bits per heavy atom. The minimum Gasteiger partial charge on any atom is -0.494 e. The number of carbonyl (C=O) groups is 2. The summed E-state index contributed by atoms with van der Waals surface area (Å²) in [5.41, 5.74) is 3.79. The molecule has 3 aromatic rings. The lowest BCUT2D eigenvalue weighted by atomic mass is 10.1. The molecule has 0 unspecified atom stereocenters. The zero-order valence-electron chi connectivity index (χ0n) is 18.0. The van der Waals surface area contributed by atoms with Gasteiger partial charge in [-0.2, -0.15) is 0 Å². The minimum atomic E-state index is -0.0942.